The molecule has 6 N–H and O–H groups in total. The maximum absolute atomic E-state index is 13.4. The molecule has 7 atom stereocenters. The molecule has 0 aliphatic carbocycles. The van der Waals surface area contributed by atoms with E-state index in [4.69, 9.17) is 9.47 Å². The smallest absolute Gasteiger partial charge is 0.239 e. The normalized spacial score (nSPS) is 22.0. The lowest BCUT2D eigenvalue weighted by molar-refractivity contribution is -0.304. The topological polar surface area (TPSA) is 169 Å². The van der Waals surface area contributed by atoms with Crippen LogP contribution >= 0.6 is 0 Å². The molecule has 50 heavy (non-hydrogen) atoms. The highest BCUT2D eigenvalue weighted by Gasteiger charge is 2.44. The number of rotatable bonds is 32. The van der Waals surface area contributed by atoms with Crippen LogP contribution in [0.1, 0.15) is 168 Å². The van der Waals surface area contributed by atoms with Crippen molar-refractivity contribution in [3.05, 3.63) is 0 Å². The van der Waals surface area contributed by atoms with Gasteiger partial charge in [-0.1, -0.05) is 142 Å². The van der Waals surface area contributed by atoms with Gasteiger partial charge in [-0.2, -0.15) is 0 Å². The van der Waals surface area contributed by atoms with Gasteiger partial charge in [0, 0.05) is 13.0 Å². The first-order valence-corrected chi connectivity index (χ1v) is 20.4. The number of carbonyl (C=O) groups is 2. The summed E-state index contributed by atoms with van der Waals surface area (Å²) in [6, 6.07) is -0.919. The van der Waals surface area contributed by atoms with Gasteiger partial charge in [-0.25, -0.2) is 0 Å². The molecule has 1 rings (SSSR count). The zero-order valence-corrected chi connectivity index (χ0v) is 31.9. The van der Waals surface area contributed by atoms with Gasteiger partial charge >= 0.3 is 0 Å². The van der Waals surface area contributed by atoms with E-state index in [0.29, 0.717) is 13.0 Å². The van der Waals surface area contributed by atoms with Crippen LogP contribution in [0.3, 0.4) is 0 Å². The molecule has 1 fully saturated rings. The second-order valence-electron chi connectivity index (χ2n) is 14.4. The van der Waals surface area contributed by atoms with E-state index in [1.54, 1.807) is 13.8 Å². The molecule has 0 saturated carbocycles. The quantitative estimate of drug-likeness (QED) is 0.0492. The minimum Gasteiger partial charge on any atom is -0.394 e. The van der Waals surface area contributed by atoms with Gasteiger partial charge in [-0.05, 0) is 19.8 Å². The molecule has 1 aliphatic heterocycles. The summed E-state index contributed by atoms with van der Waals surface area (Å²) < 4.78 is 11.1. The fourth-order valence-corrected chi connectivity index (χ4v) is 6.73. The average Bonchev–Trinajstić information content (AvgIpc) is 3.11. The fraction of sp³-hybridized carbons (Fsp3) is 0.949. The molecule has 2 amide bonds. The summed E-state index contributed by atoms with van der Waals surface area (Å²) in [7, 11) is 0. The number of carbonyl (C=O) groups excluding carboxylic acids is 2. The first-order valence-electron chi connectivity index (χ1n) is 20.4. The fourth-order valence-electron chi connectivity index (χ4n) is 6.73. The lowest BCUT2D eigenvalue weighted by atomic mass is 9.99. The molecule has 1 heterocycles. The first-order chi connectivity index (χ1) is 24.2. The molecule has 0 aromatic rings. The van der Waals surface area contributed by atoms with Gasteiger partial charge < -0.3 is 45.2 Å². The van der Waals surface area contributed by atoms with Crippen molar-refractivity contribution >= 4 is 11.8 Å². The van der Waals surface area contributed by atoms with Crippen LogP contribution in [-0.2, 0) is 19.1 Å². The van der Waals surface area contributed by atoms with Crippen molar-refractivity contribution in [2.75, 3.05) is 26.3 Å². The van der Waals surface area contributed by atoms with Crippen LogP contribution in [0.25, 0.3) is 0 Å². The number of aliphatic hydroxyl groups is 5. The molecule has 0 aromatic heterocycles. The summed E-state index contributed by atoms with van der Waals surface area (Å²) in [6.07, 6.45) is 19.0. The number of amides is 2. The Labute approximate surface area is 303 Å². The third-order valence-corrected chi connectivity index (χ3v) is 10.0. The highest BCUT2D eigenvalue weighted by molar-refractivity contribution is 5.85. The van der Waals surface area contributed by atoms with E-state index < -0.39 is 49.5 Å². The monoisotopic (exact) mass is 717 g/mol. The standard InChI is InChI=1S/C39H76N2O9/c1-4-7-8-9-10-11-12-13-14-15-16-17-18-19-20-21-22-23-24-25-26-27-35(45)41(28-34(44)40-6-3)31(32(43)5-2)30-49-39-38(48)37(47)36(46)33(29-42)50-39/h31-33,36-39,42-43,46-48H,4-30H2,1-3H3,(H,40,44)/t31-,32+,33?,36-,37?,38?,39-/m0/s1. The number of aliphatic hydroxyl groups excluding tert-OH is 5. The summed E-state index contributed by atoms with van der Waals surface area (Å²) >= 11 is 0. The minimum absolute atomic E-state index is 0.228. The number of hydrogen-bond donors (Lipinski definition) is 6. The zero-order chi connectivity index (χ0) is 37.0. The highest BCUT2D eigenvalue weighted by atomic mass is 16.7. The SMILES string of the molecule is CCCCCCCCCCCCCCCCCCCCCCCC(=O)N(CC(=O)NCC)[C@@H](CO[C@H]1OC(CO)[C@H](O)C(O)C1O)[C@H](O)CC. The van der Waals surface area contributed by atoms with Crippen molar-refractivity contribution in [2.45, 2.75) is 211 Å². The Balaban J connectivity index is 2.34. The van der Waals surface area contributed by atoms with Gasteiger partial charge in [-0.3, -0.25) is 9.59 Å². The third-order valence-electron chi connectivity index (χ3n) is 10.0. The molecule has 0 aromatic carbocycles. The van der Waals surface area contributed by atoms with Crippen molar-refractivity contribution in [1.29, 1.82) is 0 Å². The second-order valence-corrected chi connectivity index (χ2v) is 14.4. The molecule has 11 nitrogen and oxygen atoms in total. The predicted molar refractivity (Wildman–Crippen MR) is 197 cm³/mol. The molecule has 1 saturated heterocycles. The summed E-state index contributed by atoms with van der Waals surface area (Å²) in [6.45, 7) is 5.04. The third kappa shape index (κ3) is 20.0. The van der Waals surface area contributed by atoms with Gasteiger partial charge in [0.25, 0.3) is 0 Å². The molecule has 11 heteroatoms. The van der Waals surface area contributed by atoms with Crippen LogP contribution in [0.4, 0.5) is 0 Å². The Morgan fingerprint density at radius 2 is 1.16 bits per heavy atom. The average molecular weight is 717 g/mol. The Morgan fingerprint density at radius 3 is 1.58 bits per heavy atom. The summed E-state index contributed by atoms with van der Waals surface area (Å²) in [4.78, 5) is 27.4. The molecule has 0 radical (unpaired) electrons. The van der Waals surface area contributed by atoms with E-state index >= 15 is 0 Å². The van der Waals surface area contributed by atoms with Crippen LogP contribution in [0.5, 0.6) is 0 Å². The van der Waals surface area contributed by atoms with Crippen LogP contribution in [0.15, 0.2) is 0 Å². The minimum atomic E-state index is -1.61. The van der Waals surface area contributed by atoms with E-state index in [2.05, 4.69) is 12.2 Å². The molecule has 1 aliphatic rings. The van der Waals surface area contributed by atoms with Crippen molar-refractivity contribution in [3.63, 3.8) is 0 Å². The van der Waals surface area contributed by atoms with Crippen LogP contribution in [-0.4, -0.2) is 111 Å². The van der Waals surface area contributed by atoms with Crippen molar-refractivity contribution in [3.8, 4) is 0 Å². The lowest BCUT2D eigenvalue weighted by Gasteiger charge is -2.41. The number of unbranched alkanes of at least 4 members (excludes halogenated alkanes) is 20. The number of nitrogens with one attached hydrogen (secondary N) is 1. The van der Waals surface area contributed by atoms with E-state index in [0.717, 1.165) is 19.3 Å². The maximum Gasteiger partial charge on any atom is 0.239 e. The van der Waals surface area contributed by atoms with Crippen LogP contribution < -0.4 is 5.32 Å². The molecular weight excluding hydrogens is 640 g/mol. The van der Waals surface area contributed by atoms with Crippen molar-refractivity contribution < 1.29 is 44.6 Å². The van der Waals surface area contributed by atoms with Gasteiger partial charge in [0.2, 0.25) is 11.8 Å². The van der Waals surface area contributed by atoms with Gasteiger partial charge in [0.05, 0.1) is 25.4 Å². The molecule has 296 valence electrons. The summed E-state index contributed by atoms with van der Waals surface area (Å²) in [5, 5.41) is 53.6. The Hall–Kier alpha value is -1.34. The largest absolute Gasteiger partial charge is 0.394 e. The predicted octanol–water partition coefficient (Wildman–Crippen LogP) is 5.51. The molecule has 3 unspecified atom stereocenters. The molecule has 0 spiro atoms. The van der Waals surface area contributed by atoms with Crippen molar-refractivity contribution in [2.24, 2.45) is 0 Å². The van der Waals surface area contributed by atoms with E-state index in [-0.39, 0.29) is 37.8 Å². The summed E-state index contributed by atoms with van der Waals surface area (Å²) in [5.74, 6) is -0.634. The lowest BCUT2D eigenvalue weighted by Crippen LogP contribution is -2.60. The summed E-state index contributed by atoms with van der Waals surface area (Å²) in [5.41, 5.74) is 0. The number of ether oxygens (including phenoxy) is 2. The Morgan fingerprint density at radius 1 is 0.700 bits per heavy atom. The molecular formula is C39H76N2O9. The van der Waals surface area contributed by atoms with E-state index in [1.165, 1.54) is 114 Å². The van der Waals surface area contributed by atoms with E-state index in [1.807, 2.05) is 0 Å². The van der Waals surface area contributed by atoms with Gasteiger partial charge in [-0.15, -0.1) is 0 Å². The Kier molecular flexibility index (Phi) is 28.2. The van der Waals surface area contributed by atoms with Gasteiger partial charge in [0.1, 0.15) is 31.0 Å². The number of nitrogens with zero attached hydrogens (tertiary/aromatic N) is 1. The van der Waals surface area contributed by atoms with Crippen LogP contribution in [0.2, 0.25) is 0 Å². The second kappa shape index (κ2) is 30.2. The highest BCUT2D eigenvalue weighted by Crippen LogP contribution is 2.24. The van der Waals surface area contributed by atoms with E-state index in [9.17, 15) is 35.1 Å². The number of hydrogen-bond acceptors (Lipinski definition) is 9. The van der Waals surface area contributed by atoms with Gasteiger partial charge in [0.15, 0.2) is 6.29 Å². The number of likely N-dealkylation sites (N-methyl/N-ethyl adjacent to an activating group) is 1. The zero-order valence-electron chi connectivity index (χ0n) is 31.9. The van der Waals surface area contributed by atoms with Crippen LogP contribution in [0, 0.1) is 0 Å². The Bertz CT molecular complexity index is 833. The first kappa shape index (κ1) is 46.7. The van der Waals surface area contributed by atoms with Crippen molar-refractivity contribution in [1.82, 2.24) is 10.2 Å². The maximum atomic E-state index is 13.4. The molecule has 0 bridgehead atoms.